The van der Waals surface area contributed by atoms with Gasteiger partial charge in [-0.2, -0.15) is 12.1 Å². The van der Waals surface area contributed by atoms with E-state index < -0.39 is 0 Å². The van der Waals surface area contributed by atoms with E-state index in [0.29, 0.717) is 6.04 Å². The Hall–Kier alpha value is -1.35. The van der Waals surface area contributed by atoms with Gasteiger partial charge in [0.05, 0.1) is 0 Å². The average Bonchev–Trinajstić information content (AvgIpc) is 3.14. The molecule has 1 unspecified atom stereocenters. The first-order valence-electron chi connectivity index (χ1n) is 6.32. The third-order valence-corrected chi connectivity index (χ3v) is 3.62. The summed E-state index contributed by atoms with van der Waals surface area (Å²) < 4.78 is 4.91. The van der Waals surface area contributed by atoms with Gasteiger partial charge in [-0.25, -0.2) is 12.1 Å². The maximum atomic E-state index is 5.30. The van der Waals surface area contributed by atoms with Crippen molar-refractivity contribution < 1.29 is 17.1 Å². The fourth-order valence-corrected chi connectivity index (χ4v) is 2.20. The smallest absolute Gasteiger partial charge is 0.179 e. The Morgan fingerprint density at radius 2 is 1.55 bits per heavy atom. The number of aromatic nitrogens is 2. The molecule has 2 nitrogen and oxygen atoms in total. The second-order valence-corrected chi connectivity index (χ2v) is 4.82. The molecule has 0 aliphatic heterocycles. The van der Waals surface area contributed by atoms with Crippen LogP contribution in [-0.4, -0.2) is 9.13 Å². The molecule has 0 bridgehead atoms. The molecule has 4 heteroatoms. The van der Waals surface area contributed by atoms with Gasteiger partial charge in [-0.1, -0.05) is 6.92 Å². The van der Waals surface area contributed by atoms with E-state index in [1.807, 2.05) is 54.3 Å². The molecule has 1 atom stereocenters. The fourth-order valence-electron chi connectivity index (χ4n) is 1.93. The Kier molecular flexibility index (Phi) is 6.72. The third-order valence-electron chi connectivity index (χ3n) is 3.12. The topological polar surface area (TPSA) is 9.86 Å². The van der Waals surface area contributed by atoms with Crippen molar-refractivity contribution >= 4 is 12.2 Å². The van der Waals surface area contributed by atoms with Crippen molar-refractivity contribution in [3.63, 3.8) is 0 Å². The van der Waals surface area contributed by atoms with Crippen LogP contribution >= 0.6 is 12.2 Å². The summed E-state index contributed by atoms with van der Waals surface area (Å²) in [6.07, 6.45) is 4.02. The van der Waals surface area contributed by atoms with Gasteiger partial charge in [0.1, 0.15) is 0 Å². The number of rotatable bonds is 2. The molecule has 0 spiro atoms. The van der Waals surface area contributed by atoms with Gasteiger partial charge in [0.2, 0.25) is 0 Å². The first-order chi connectivity index (χ1) is 9.20. The summed E-state index contributed by atoms with van der Waals surface area (Å²) >= 11 is 5.30. The van der Waals surface area contributed by atoms with Crippen LogP contribution in [0.5, 0.6) is 0 Å². The van der Waals surface area contributed by atoms with E-state index in [9.17, 15) is 0 Å². The molecular weight excluding hydrogens is 308 g/mol. The molecule has 0 saturated heterocycles. The molecule has 0 aliphatic rings. The normalized spacial score (nSPS) is 11.1. The summed E-state index contributed by atoms with van der Waals surface area (Å²) in [5.74, 6) is 0. The van der Waals surface area contributed by atoms with Crippen molar-refractivity contribution in [1.29, 1.82) is 0 Å². The van der Waals surface area contributed by atoms with Gasteiger partial charge in [-0.05, 0) is 12.2 Å². The summed E-state index contributed by atoms with van der Waals surface area (Å²) in [5.41, 5.74) is 1.30. The molecular formula is C16H18FeN2S-6. The molecule has 3 rings (SSSR count). The zero-order chi connectivity index (χ0) is 13.7. The van der Waals surface area contributed by atoms with Gasteiger partial charge < -0.3 is 39.5 Å². The molecule has 20 heavy (non-hydrogen) atoms. The summed E-state index contributed by atoms with van der Waals surface area (Å²) in [4.78, 5) is 0. The van der Waals surface area contributed by atoms with E-state index in [0.717, 1.165) is 4.77 Å². The van der Waals surface area contributed by atoms with Gasteiger partial charge in [-0.3, -0.25) is 0 Å². The quantitative estimate of drug-likeness (QED) is 0.388. The Bertz CT molecular complexity index is 615. The molecule has 2 aromatic carbocycles. The molecule has 1 aromatic heterocycles. The van der Waals surface area contributed by atoms with E-state index in [4.69, 9.17) is 12.2 Å². The molecule has 3 aromatic rings. The first kappa shape index (κ1) is 16.7. The van der Waals surface area contributed by atoms with Crippen LogP contribution in [-0.2, 0) is 24.1 Å². The minimum absolute atomic E-state index is 0. The molecule has 0 N–H and O–H groups in total. The molecule has 112 valence electrons. The number of hydrogen-bond acceptors (Lipinski definition) is 1. The zero-order valence-corrected chi connectivity index (χ0v) is 13.5. The van der Waals surface area contributed by atoms with Crippen LogP contribution in [0.4, 0.5) is 0 Å². The Balaban J connectivity index is 0.000000283. The second kappa shape index (κ2) is 8.05. The van der Waals surface area contributed by atoms with Crippen molar-refractivity contribution in [2.24, 2.45) is 7.05 Å². The van der Waals surface area contributed by atoms with Gasteiger partial charge in [-0.15, -0.1) is 5.56 Å². The predicted molar refractivity (Wildman–Crippen MR) is 82.1 cm³/mol. The van der Waals surface area contributed by atoms with Crippen LogP contribution < -0.4 is 0 Å². The summed E-state index contributed by atoms with van der Waals surface area (Å²) in [6.45, 7) is 2.16. The minimum Gasteiger partial charge on any atom is -0.748 e. The Morgan fingerprint density at radius 3 is 1.95 bits per heavy atom. The monoisotopic (exact) mass is 326 g/mol. The van der Waals surface area contributed by atoms with Crippen molar-refractivity contribution in [2.45, 2.75) is 13.0 Å². The van der Waals surface area contributed by atoms with Crippen molar-refractivity contribution in [1.82, 2.24) is 9.13 Å². The van der Waals surface area contributed by atoms with Crippen LogP contribution in [0.25, 0.3) is 0 Å². The van der Waals surface area contributed by atoms with Crippen LogP contribution in [0.15, 0.2) is 67.0 Å². The number of hydrogen-bond donors (Lipinski definition) is 0. The van der Waals surface area contributed by atoms with E-state index in [2.05, 4.69) is 35.8 Å². The zero-order valence-electron chi connectivity index (χ0n) is 11.6. The van der Waals surface area contributed by atoms with Crippen molar-refractivity contribution in [2.75, 3.05) is 0 Å². The van der Waals surface area contributed by atoms with E-state index >= 15 is 0 Å². The molecule has 0 fully saturated rings. The largest absolute Gasteiger partial charge is 0.748 e. The molecule has 0 amide bonds. The summed E-state index contributed by atoms with van der Waals surface area (Å²) in [5, 5.41) is 0. The van der Waals surface area contributed by atoms with Gasteiger partial charge in [0, 0.05) is 42.6 Å². The standard InChI is InChI=1S/C11H13N2S.C5H5.Fe/c1-9(10-5-3-4-6-10)13-8-7-12(2)11(13)14;1-2-4-5-3-1;/h3-9H,1-2H3;1-5H;/q-1;-5;. The molecule has 0 saturated carbocycles. The van der Waals surface area contributed by atoms with Crippen LogP contribution in [0.3, 0.4) is 0 Å². The maximum Gasteiger partial charge on any atom is 0.179 e. The van der Waals surface area contributed by atoms with Crippen LogP contribution in [0.2, 0.25) is 0 Å². The fraction of sp³-hybridized carbons (Fsp3) is 0.188. The predicted octanol–water partition coefficient (Wildman–Crippen LogP) is 4.29. The Labute approximate surface area is 135 Å². The van der Waals surface area contributed by atoms with Crippen molar-refractivity contribution in [3.8, 4) is 0 Å². The minimum atomic E-state index is 0. The Morgan fingerprint density at radius 1 is 1.05 bits per heavy atom. The maximum absolute atomic E-state index is 5.30. The first-order valence-corrected chi connectivity index (χ1v) is 6.72. The third kappa shape index (κ3) is 4.07. The van der Waals surface area contributed by atoms with E-state index in [-0.39, 0.29) is 17.1 Å². The van der Waals surface area contributed by atoms with Crippen LogP contribution in [0.1, 0.15) is 18.5 Å². The van der Waals surface area contributed by atoms with Crippen LogP contribution in [0, 0.1) is 4.77 Å². The SMILES string of the molecule is CC([c-]1cccc1)n1ccn(C)c1=S.[Fe].[cH-]1[cH-][cH-][cH-][cH-]1. The summed E-state index contributed by atoms with van der Waals surface area (Å²) in [7, 11) is 1.97. The van der Waals surface area contributed by atoms with Gasteiger partial charge in [0.25, 0.3) is 0 Å². The molecule has 1 heterocycles. The van der Waals surface area contributed by atoms with Crippen molar-refractivity contribution in [3.05, 3.63) is 77.3 Å². The van der Waals surface area contributed by atoms with Gasteiger partial charge >= 0.3 is 0 Å². The van der Waals surface area contributed by atoms with E-state index in [1.54, 1.807) is 0 Å². The second-order valence-electron chi connectivity index (χ2n) is 4.46. The van der Waals surface area contributed by atoms with Gasteiger partial charge in [0.15, 0.2) is 4.77 Å². The summed E-state index contributed by atoms with van der Waals surface area (Å²) in [6, 6.07) is 18.7. The molecule has 0 radical (unpaired) electrons. The number of aryl methyl sites for hydroxylation is 1. The number of nitrogens with zero attached hydrogens (tertiary/aromatic N) is 2. The average molecular weight is 326 g/mol. The van der Waals surface area contributed by atoms with E-state index in [1.165, 1.54) is 5.56 Å². The molecule has 0 aliphatic carbocycles. The number of imidazole rings is 1.